The molecule has 0 spiro atoms. The zero-order valence-corrected chi connectivity index (χ0v) is 10.4. The summed E-state index contributed by atoms with van der Waals surface area (Å²) in [6, 6.07) is 8.24. The molecule has 1 aromatic carbocycles. The first-order valence-corrected chi connectivity index (χ1v) is 5.89. The minimum Gasteiger partial charge on any atom is -0.391 e. The van der Waals surface area contributed by atoms with Crippen molar-refractivity contribution in [3.63, 3.8) is 0 Å². The summed E-state index contributed by atoms with van der Waals surface area (Å²) in [4.78, 5) is 0. The van der Waals surface area contributed by atoms with E-state index >= 15 is 0 Å². The quantitative estimate of drug-likeness (QED) is 0.802. The average Bonchev–Trinajstić information content (AvgIpc) is 2.16. The molecule has 0 saturated carbocycles. The van der Waals surface area contributed by atoms with E-state index in [4.69, 9.17) is 4.74 Å². The van der Waals surface area contributed by atoms with Crippen LogP contribution in [0.3, 0.4) is 0 Å². The van der Waals surface area contributed by atoms with Gasteiger partial charge in [-0.15, -0.1) is 0 Å². The highest BCUT2D eigenvalue weighted by atomic mass is 16.5. The Bertz CT molecular complexity index is 307. The van der Waals surface area contributed by atoms with Crippen LogP contribution in [0, 0.1) is 12.8 Å². The molecule has 1 atom stereocenters. The first-order valence-electron chi connectivity index (χ1n) is 5.89. The molecule has 0 aliphatic rings. The summed E-state index contributed by atoms with van der Waals surface area (Å²) in [6.07, 6.45) is 0.457. The number of benzene rings is 1. The highest BCUT2D eigenvalue weighted by Crippen LogP contribution is 2.08. The van der Waals surface area contributed by atoms with Crippen LogP contribution in [-0.4, -0.2) is 17.8 Å². The van der Waals surface area contributed by atoms with Gasteiger partial charge in [-0.05, 0) is 24.8 Å². The third-order valence-corrected chi connectivity index (χ3v) is 2.40. The summed E-state index contributed by atoms with van der Waals surface area (Å²) in [5, 5.41) is 9.63. The summed E-state index contributed by atoms with van der Waals surface area (Å²) in [5.41, 5.74) is 2.40. The fourth-order valence-corrected chi connectivity index (χ4v) is 1.73. The number of aliphatic hydroxyl groups excluding tert-OH is 1. The Morgan fingerprint density at radius 1 is 1.31 bits per heavy atom. The predicted molar refractivity (Wildman–Crippen MR) is 66.3 cm³/mol. The van der Waals surface area contributed by atoms with Crippen LogP contribution in [0.15, 0.2) is 24.3 Å². The summed E-state index contributed by atoms with van der Waals surface area (Å²) < 4.78 is 5.49. The highest BCUT2D eigenvalue weighted by molar-refractivity contribution is 5.21. The van der Waals surface area contributed by atoms with E-state index in [1.54, 1.807) is 0 Å². The molecule has 1 aromatic rings. The molecule has 1 rings (SSSR count). The van der Waals surface area contributed by atoms with Crippen LogP contribution in [0.25, 0.3) is 0 Å². The molecule has 90 valence electrons. The molecule has 1 N–H and O–H groups in total. The van der Waals surface area contributed by atoms with E-state index in [-0.39, 0.29) is 6.10 Å². The van der Waals surface area contributed by atoms with Gasteiger partial charge >= 0.3 is 0 Å². The molecule has 0 amide bonds. The second-order valence-electron chi connectivity index (χ2n) is 4.79. The maximum absolute atomic E-state index is 9.63. The van der Waals surface area contributed by atoms with Gasteiger partial charge in [0.05, 0.1) is 19.3 Å². The Balaban J connectivity index is 2.25. The summed E-state index contributed by atoms with van der Waals surface area (Å²) in [6.45, 7) is 7.27. The first kappa shape index (κ1) is 13.2. The van der Waals surface area contributed by atoms with Crippen LogP contribution in [0.4, 0.5) is 0 Å². The normalized spacial score (nSPS) is 13.1. The van der Waals surface area contributed by atoms with Crippen molar-refractivity contribution in [1.29, 1.82) is 0 Å². The smallest absolute Gasteiger partial charge is 0.0776 e. The minimum absolute atomic E-state index is 0.343. The fourth-order valence-electron chi connectivity index (χ4n) is 1.73. The highest BCUT2D eigenvalue weighted by Gasteiger charge is 2.06. The molecule has 2 heteroatoms. The van der Waals surface area contributed by atoms with Gasteiger partial charge in [-0.1, -0.05) is 43.7 Å². The van der Waals surface area contributed by atoms with E-state index < -0.39 is 0 Å². The van der Waals surface area contributed by atoms with Crippen LogP contribution in [0.1, 0.15) is 31.4 Å². The van der Waals surface area contributed by atoms with Crippen molar-refractivity contribution in [2.24, 2.45) is 5.92 Å². The van der Waals surface area contributed by atoms with Gasteiger partial charge in [0, 0.05) is 0 Å². The van der Waals surface area contributed by atoms with E-state index in [2.05, 4.69) is 32.9 Å². The third-order valence-electron chi connectivity index (χ3n) is 2.40. The topological polar surface area (TPSA) is 29.5 Å². The number of rotatable bonds is 6. The zero-order valence-electron chi connectivity index (χ0n) is 10.4. The Morgan fingerprint density at radius 3 is 2.69 bits per heavy atom. The summed E-state index contributed by atoms with van der Waals surface area (Å²) >= 11 is 0. The lowest BCUT2D eigenvalue weighted by Crippen LogP contribution is -2.17. The van der Waals surface area contributed by atoms with Gasteiger partial charge in [0.15, 0.2) is 0 Å². The van der Waals surface area contributed by atoms with Crippen molar-refractivity contribution in [2.75, 3.05) is 6.61 Å². The van der Waals surface area contributed by atoms with Crippen molar-refractivity contribution in [3.8, 4) is 0 Å². The lowest BCUT2D eigenvalue weighted by molar-refractivity contribution is 0.0188. The Hall–Kier alpha value is -0.860. The number of hydrogen-bond acceptors (Lipinski definition) is 2. The number of hydrogen-bond donors (Lipinski definition) is 1. The molecule has 1 unspecified atom stereocenters. The van der Waals surface area contributed by atoms with E-state index in [0.717, 1.165) is 12.0 Å². The summed E-state index contributed by atoms with van der Waals surface area (Å²) in [5.74, 6) is 0.512. The Morgan fingerprint density at radius 2 is 2.06 bits per heavy atom. The molecular formula is C14H22O2. The van der Waals surface area contributed by atoms with Crippen LogP contribution in [-0.2, 0) is 11.3 Å². The molecule has 0 heterocycles. The maximum atomic E-state index is 9.63. The zero-order chi connectivity index (χ0) is 12.0. The van der Waals surface area contributed by atoms with Gasteiger partial charge in [-0.3, -0.25) is 0 Å². The van der Waals surface area contributed by atoms with E-state index in [1.165, 1.54) is 5.56 Å². The van der Waals surface area contributed by atoms with Crippen molar-refractivity contribution in [3.05, 3.63) is 35.4 Å². The second-order valence-corrected chi connectivity index (χ2v) is 4.79. The third kappa shape index (κ3) is 5.29. The standard InChI is InChI=1S/C14H22O2/c1-11(2)7-14(15)10-16-9-13-6-4-5-12(3)8-13/h4-6,8,11,14-15H,7,9-10H2,1-3H3. The average molecular weight is 222 g/mol. The van der Waals surface area contributed by atoms with Gasteiger partial charge in [0.2, 0.25) is 0 Å². The molecule has 16 heavy (non-hydrogen) atoms. The predicted octanol–water partition coefficient (Wildman–Crippen LogP) is 2.92. The number of aryl methyl sites for hydroxylation is 1. The maximum Gasteiger partial charge on any atom is 0.0776 e. The van der Waals surface area contributed by atoms with E-state index in [1.807, 2.05) is 12.1 Å². The molecule has 0 bridgehead atoms. The van der Waals surface area contributed by atoms with Gasteiger partial charge in [-0.25, -0.2) is 0 Å². The van der Waals surface area contributed by atoms with Gasteiger partial charge in [0.25, 0.3) is 0 Å². The molecule has 0 aliphatic carbocycles. The van der Waals surface area contributed by atoms with E-state index in [0.29, 0.717) is 19.1 Å². The summed E-state index contributed by atoms with van der Waals surface area (Å²) in [7, 11) is 0. The monoisotopic (exact) mass is 222 g/mol. The lowest BCUT2D eigenvalue weighted by atomic mass is 10.1. The Labute approximate surface area is 98.3 Å². The van der Waals surface area contributed by atoms with Crippen molar-refractivity contribution in [1.82, 2.24) is 0 Å². The van der Waals surface area contributed by atoms with Gasteiger partial charge < -0.3 is 9.84 Å². The molecule has 0 aliphatic heterocycles. The van der Waals surface area contributed by atoms with Crippen molar-refractivity contribution >= 4 is 0 Å². The SMILES string of the molecule is Cc1cccc(COCC(O)CC(C)C)c1. The van der Waals surface area contributed by atoms with Crippen molar-refractivity contribution < 1.29 is 9.84 Å². The molecule has 2 nitrogen and oxygen atoms in total. The fraction of sp³-hybridized carbons (Fsp3) is 0.571. The largest absolute Gasteiger partial charge is 0.391 e. The first-order chi connectivity index (χ1) is 7.58. The molecule has 0 fully saturated rings. The molecular weight excluding hydrogens is 200 g/mol. The van der Waals surface area contributed by atoms with Crippen molar-refractivity contribution in [2.45, 2.75) is 39.9 Å². The molecule has 0 saturated heterocycles. The van der Waals surface area contributed by atoms with Crippen LogP contribution >= 0.6 is 0 Å². The minimum atomic E-state index is -0.343. The van der Waals surface area contributed by atoms with Gasteiger partial charge in [-0.2, -0.15) is 0 Å². The molecule has 0 radical (unpaired) electrons. The Kier molecular flexibility index (Phi) is 5.50. The van der Waals surface area contributed by atoms with Crippen LogP contribution in [0.5, 0.6) is 0 Å². The second kappa shape index (κ2) is 6.66. The van der Waals surface area contributed by atoms with Crippen LogP contribution in [0.2, 0.25) is 0 Å². The van der Waals surface area contributed by atoms with Crippen LogP contribution < -0.4 is 0 Å². The van der Waals surface area contributed by atoms with E-state index in [9.17, 15) is 5.11 Å². The van der Waals surface area contributed by atoms with Gasteiger partial charge in [0.1, 0.15) is 0 Å². The lowest BCUT2D eigenvalue weighted by Gasteiger charge is -2.13. The number of ether oxygens (including phenoxy) is 1. The number of aliphatic hydroxyl groups is 1. The molecule has 0 aromatic heterocycles.